The van der Waals surface area contributed by atoms with Crippen molar-refractivity contribution < 1.29 is 23.9 Å². The van der Waals surface area contributed by atoms with Gasteiger partial charge in [0.15, 0.2) is 5.78 Å². The van der Waals surface area contributed by atoms with Gasteiger partial charge in [0.2, 0.25) is 0 Å². The number of carbonyl (C=O) groups is 3. The molecule has 0 radical (unpaired) electrons. The number of ether oxygens (including phenoxy) is 2. The van der Waals surface area contributed by atoms with E-state index in [1.165, 1.54) is 20.1 Å². The van der Waals surface area contributed by atoms with Crippen LogP contribution in [0, 0.1) is 0 Å². The number of esters is 2. The van der Waals surface area contributed by atoms with Crippen molar-refractivity contribution in [3.05, 3.63) is 38.5 Å². The largest absolute Gasteiger partial charge is 0.465 e. The highest BCUT2D eigenvalue weighted by Gasteiger charge is 2.22. The first-order valence-electron chi connectivity index (χ1n) is 7.15. The van der Waals surface area contributed by atoms with Gasteiger partial charge in [-0.2, -0.15) is 0 Å². The van der Waals surface area contributed by atoms with Gasteiger partial charge < -0.3 is 14.8 Å². The average molecular weight is 409 g/mol. The molecule has 0 spiro atoms. The first-order chi connectivity index (χ1) is 11.7. The van der Waals surface area contributed by atoms with Gasteiger partial charge in [-0.3, -0.25) is 4.79 Å². The molecule has 0 aliphatic carbocycles. The summed E-state index contributed by atoms with van der Waals surface area (Å²) in [6, 6.07) is 1.35. The van der Waals surface area contributed by atoms with Crippen molar-refractivity contribution in [3.63, 3.8) is 0 Å². The number of ketones is 1. The molecular formula is C16H16Cl3NO5. The van der Waals surface area contributed by atoms with Gasteiger partial charge in [-0.1, -0.05) is 41.7 Å². The van der Waals surface area contributed by atoms with Crippen molar-refractivity contribution >= 4 is 58.2 Å². The molecular weight excluding hydrogens is 393 g/mol. The maximum Gasteiger partial charge on any atom is 0.343 e. The Bertz CT molecular complexity index is 731. The monoisotopic (exact) mass is 407 g/mol. The van der Waals surface area contributed by atoms with Crippen LogP contribution in [0.3, 0.4) is 0 Å². The van der Waals surface area contributed by atoms with Gasteiger partial charge >= 0.3 is 11.9 Å². The van der Waals surface area contributed by atoms with Crippen LogP contribution in [-0.2, 0) is 19.1 Å². The maximum absolute atomic E-state index is 11.9. The fraction of sp³-hybridized carbons (Fsp3) is 0.312. The molecule has 0 atom stereocenters. The molecule has 0 heterocycles. The van der Waals surface area contributed by atoms with Crippen LogP contribution in [-0.4, -0.2) is 31.4 Å². The molecule has 1 aromatic carbocycles. The SMILES string of the molecule is CCCOC(=O)C(=CNc1cc(Cl)c(Cl)c(C(=O)OC)c1Cl)C(C)=O. The summed E-state index contributed by atoms with van der Waals surface area (Å²) in [6.07, 6.45) is 1.75. The lowest BCUT2D eigenvalue weighted by Gasteiger charge is -2.12. The zero-order valence-electron chi connectivity index (χ0n) is 13.7. The normalized spacial score (nSPS) is 11.0. The Hall–Kier alpha value is -1.76. The second kappa shape index (κ2) is 9.65. The summed E-state index contributed by atoms with van der Waals surface area (Å²) in [5, 5.41) is 2.58. The van der Waals surface area contributed by atoms with Crippen molar-refractivity contribution in [2.24, 2.45) is 0 Å². The molecule has 0 fully saturated rings. The van der Waals surface area contributed by atoms with Gasteiger partial charge in [0.05, 0.1) is 34.5 Å². The summed E-state index contributed by atoms with van der Waals surface area (Å²) in [5.41, 5.74) is -0.180. The minimum atomic E-state index is -0.779. The summed E-state index contributed by atoms with van der Waals surface area (Å²) in [4.78, 5) is 35.3. The third kappa shape index (κ3) is 5.36. The van der Waals surface area contributed by atoms with E-state index < -0.39 is 17.7 Å². The topological polar surface area (TPSA) is 81.7 Å². The van der Waals surface area contributed by atoms with Gasteiger partial charge in [-0.25, -0.2) is 9.59 Å². The Kier molecular flexibility index (Phi) is 8.22. The summed E-state index contributed by atoms with van der Waals surface area (Å²) >= 11 is 18.1. The van der Waals surface area contributed by atoms with Gasteiger partial charge in [-0.05, 0) is 19.4 Å². The van der Waals surface area contributed by atoms with Crippen LogP contribution in [0.25, 0.3) is 0 Å². The lowest BCUT2D eigenvalue weighted by molar-refractivity contribution is -0.140. The van der Waals surface area contributed by atoms with Crippen LogP contribution >= 0.6 is 34.8 Å². The molecule has 25 heavy (non-hydrogen) atoms. The highest BCUT2D eigenvalue weighted by atomic mass is 35.5. The molecule has 0 aliphatic heterocycles. The highest BCUT2D eigenvalue weighted by molar-refractivity contribution is 6.47. The number of hydrogen-bond acceptors (Lipinski definition) is 6. The molecule has 0 bridgehead atoms. The molecule has 0 unspecified atom stereocenters. The molecule has 6 nitrogen and oxygen atoms in total. The number of rotatable bonds is 7. The third-order valence-corrected chi connectivity index (χ3v) is 4.13. The van der Waals surface area contributed by atoms with Gasteiger partial charge in [0, 0.05) is 6.20 Å². The van der Waals surface area contributed by atoms with E-state index in [1.807, 2.05) is 6.92 Å². The number of benzene rings is 1. The van der Waals surface area contributed by atoms with Crippen LogP contribution in [0.2, 0.25) is 15.1 Å². The van der Waals surface area contributed by atoms with E-state index in [2.05, 4.69) is 10.1 Å². The number of Topliss-reactive ketones (excluding diaryl/α,β-unsaturated/α-hetero) is 1. The zero-order chi connectivity index (χ0) is 19.1. The minimum absolute atomic E-state index is 0.0419. The Balaban J connectivity index is 3.24. The fourth-order valence-electron chi connectivity index (χ4n) is 1.72. The van der Waals surface area contributed by atoms with Crippen LogP contribution in [0.1, 0.15) is 30.6 Å². The van der Waals surface area contributed by atoms with E-state index in [0.29, 0.717) is 6.42 Å². The fourth-order valence-corrected chi connectivity index (χ4v) is 2.48. The lowest BCUT2D eigenvalue weighted by Crippen LogP contribution is -2.16. The van der Waals surface area contributed by atoms with Gasteiger partial charge in [0.25, 0.3) is 0 Å². The van der Waals surface area contributed by atoms with E-state index in [0.717, 1.165) is 6.20 Å². The van der Waals surface area contributed by atoms with E-state index in [9.17, 15) is 14.4 Å². The average Bonchev–Trinajstić information content (AvgIpc) is 2.57. The molecule has 136 valence electrons. The predicted octanol–water partition coefficient (Wildman–Crippen LogP) is 4.27. The molecule has 0 saturated heterocycles. The van der Waals surface area contributed by atoms with E-state index in [1.54, 1.807) is 0 Å². The quantitative estimate of drug-likeness (QED) is 0.238. The first kappa shape index (κ1) is 21.3. The van der Waals surface area contributed by atoms with E-state index >= 15 is 0 Å². The van der Waals surface area contributed by atoms with Crippen LogP contribution in [0.15, 0.2) is 17.8 Å². The minimum Gasteiger partial charge on any atom is -0.465 e. The van der Waals surface area contributed by atoms with Crippen LogP contribution < -0.4 is 5.32 Å². The number of nitrogens with one attached hydrogen (secondary N) is 1. The highest BCUT2D eigenvalue weighted by Crippen LogP contribution is 2.38. The van der Waals surface area contributed by atoms with Gasteiger partial charge in [-0.15, -0.1) is 0 Å². The third-order valence-electron chi connectivity index (χ3n) is 2.95. The molecule has 1 rings (SSSR count). The van der Waals surface area contributed by atoms with Crippen LogP contribution in [0.5, 0.6) is 0 Å². The summed E-state index contributed by atoms with van der Waals surface area (Å²) in [7, 11) is 1.17. The number of methoxy groups -OCH3 is 1. The predicted molar refractivity (Wildman–Crippen MR) is 96.4 cm³/mol. The molecule has 1 N–H and O–H groups in total. The Labute approximate surface area is 160 Å². The Morgan fingerprint density at radius 2 is 1.84 bits per heavy atom. The number of hydrogen-bond donors (Lipinski definition) is 1. The van der Waals surface area contributed by atoms with Crippen molar-refractivity contribution in [2.75, 3.05) is 19.0 Å². The number of carbonyl (C=O) groups excluding carboxylic acids is 3. The van der Waals surface area contributed by atoms with Crippen molar-refractivity contribution in [3.8, 4) is 0 Å². The van der Waals surface area contributed by atoms with Crippen molar-refractivity contribution in [1.29, 1.82) is 0 Å². The molecule has 0 aliphatic rings. The standard InChI is InChI=1S/C16H16Cl3NO5/c1-4-5-25-15(22)9(8(2)21)7-20-11-6-10(17)13(18)12(14(11)19)16(23)24-3/h6-7,20H,4-5H2,1-3H3. The Morgan fingerprint density at radius 1 is 1.20 bits per heavy atom. The summed E-state index contributed by atoms with van der Waals surface area (Å²) < 4.78 is 9.55. The molecule has 9 heteroatoms. The van der Waals surface area contributed by atoms with E-state index in [4.69, 9.17) is 39.5 Å². The lowest BCUT2D eigenvalue weighted by atomic mass is 10.1. The van der Waals surface area contributed by atoms with Crippen LogP contribution in [0.4, 0.5) is 5.69 Å². The zero-order valence-corrected chi connectivity index (χ0v) is 16.0. The Morgan fingerprint density at radius 3 is 2.36 bits per heavy atom. The first-order valence-corrected chi connectivity index (χ1v) is 8.28. The summed E-state index contributed by atoms with van der Waals surface area (Å²) in [6.45, 7) is 3.23. The number of halogens is 3. The molecule has 0 saturated carbocycles. The number of anilines is 1. The molecule has 0 amide bonds. The molecule has 1 aromatic rings. The van der Waals surface area contributed by atoms with Gasteiger partial charge in [0.1, 0.15) is 11.1 Å². The van der Waals surface area contributed by atoms with E-state index in [-0.39, 0.29) is 38.5 Å². The second-order valence-electron chi connectivity index (χ2n) is 4.79. The second-order valence-corrected chi connectivity index (χ2v) is 5.96. The van der Waals surface area contributed by atoms with Crippen molar-refractivity contribution in [2.45, 2.75) is 20.3 Å². The van der Waals surface area contributed by atoms with Crippen molar-refractivity contribution in [1.82, 2.24) is 0 Å². The summed E-state index contributed by atoms with van der Waals surface area (Å²) in [5.74, 6) is -2.05. The molecule has 0 aromatic heterocycles. The smallest absolute Gasteiger partial charge is 0.343 e. The maximum atomic E-state index is 11.9.